The second kappa shape index (κ2) is 5.90. The molecule has 1 aliphatic heterocycles. The van der Waals surface area contributed by atoms with Gasteiger partial charge in [0.2, 0.25) is 11.8 Å². The highest BCUT2D eigenvalue weighted by Crippen LogP contribution is 2.20. The number of nitrogens with one attached hydrogen (secondary N) is 1. The fourth-order valence-electron chi connectivity index (χ4n) is 2.20. The first-order valence-corrected chi connectivity index (χ1v) is 6.56. The maximum Gasteiger partial charge on any atom is 0.249 e. The molecule has 2 atom stereocenters. The third-order valence-corrected chi connectivity index (χ3v) is 3.57. The van der Waals surface area contributed by atoms with Crippen molar-refractivity contribution < 1.29 is 9.59 Å². The summed E-state index contributed by atoms with van der Waals surface area (Å²) >= 11 is 0. The smallest absolute Gasteiger partial charge is 0.249 e. The van der Waals surface area contributed by atoms with Gasteiger partial charge >= 0.3 is 0 Å². The molecule has 4 nitrogen and oxygen atoms in total. The minimum atomic E-state index is -0.823. The predicted octanol–water partition coefficient (Wildman–Crippen LogP) is 1.31. The second-order valence-corrected chi connectivity index (χ2v) is 4.95. The zero-order valence-corrected chi connectivity index (χ0v) is 11.5. The summed E-state index contributed by atoms with van der Waals surface area (Å²) in [4.78, 5) is 25.9. The highest BCUT2D eigenvalue weighted by atomic mass is 16.2. The number of nitrogens with zero attached hydrogens (tertiary/aromatic N) is 1. The molecule has 1 fully saturated rings. The van der Waals surface area contributed by atoms with Crippen LogP contribution in [0.3, 0.4) is 0 Å². The normalized spacial score (nSPS) is 26.2. The monoisotopic (exact) mass is 250 g/mol. The molecule has 0 radical (unpaired) electrons. The summed E-state index contributed by atoms with van der Waals surface area (Å²) in [5.41, 5.74) is -0.823. The topological polar surface area (TPSA) is 49.4 Å². The molecule has 0 bridgehead atoms. The van der Waals surface area contributed by atoms with Crippen molar-refractivity contribution in [3.63, 3.8) is 0 Å². The van der Waals surface area contributed by atoms with Gasteiger partial charge in [-0.2, -0.15) is 0 Å². The van der Waals surface area contributed by atoms with Crippen molar-refractivity contribution in [1.82, 2.24) is 10.2 Å². The van der Waals surface area contributed by atoms with Crippen LogP contribution in [0.4, 0.5) is 0 Å². The van der Waals surface area contributed by atoms with E-state index in [1.807, 2.05) is 13.8 Å². The number of rotatable bonds is 4. The molecule has 0 aliphatic carbocycles. The van der Waals surface area contributed by atoms with Crippen molar-refractivity contribution in [2.24, 2.45) is 0 Å². The molecule has 0 aromatic rings. The lowest BCUT2D eigenvalue weighted by Gasteiger charge is -2.34. The fourth-order valence-corrected chi connectivity index (χ4v) is 2.20. The summed E-state index contributed by atoms with van der Waals surface area (Å²) in [5, 5.41) is 2.81. The van der Waals surface area contributed by atoms with E-state index < -0.39 is 5.54 Å². The lowest BCUT2D eigenvalue weighted by atomic mass is 9.96. The van der Waals surface area contributed by atoms with Crippen molar-refractivity contribution in [3.05, 3.63) is 0 Å². The molecule has 1 heterocycles. The maximum atomic E-state index is 12.5. The van der Waals surface area contributed by atoms with Crippen molar-refractivity contribution in [2.75, 3.05) is 6.54 Å². The molecule has 18 heavy (non-hydrogen) atoms. The lowest BCUT2D eigenvalue weighted by Crippen LogP contribution is -2.56. The van der Waals surface area contributed by atoms with Gasteiger partial charge in [-0.3, -0.25) is 9.59 Å². The van der Waals surface area contributed by atoms with Crippen LogP contribution < -0.4 is 5.32 Å². The lowest BCUT2D eigenvalue weighted by molar-refractivity contribution is -0.139. The van der Waals surface area contributed by atoms with E-state index >= 15 is 0 Å². The van der Waals surface area contributed by atoms with Crippen LogP contribution in [0.5, 0.6) is 0 Å². The summed E-state index contributed by atoms with van der Waals surface area (Å²) in [7, 11) is 0. The summed E-state index contributed by atoms with van der Waals surface area (Å²) in [6.07, 6.45) is 8.10. The van der Waals surface area contributed by atoms with Gasteiger partial charge < -0.3 is 10.2 Å². The van der Waals surface area contributed by atoms with E-state index in [-0.39, 0.29) is 17.9 Å². The molecule has 0 saturated carbocycles. The molecule has 4 heteroatoms. The third-order valence-electron chi connectivity index (χ3n) is 3.57. The number of hydrogen-bond acceptors (Lipinski definition) is 2. The summed E-state index contributed by atoms with van der Waals surface area (Å²) in [6, 6.07) is -0.207. The Morgan fingerprint density at radius 3 is 2.67 bits per heavy atom. The SMILES string of the molecule is C#CC(CCC)N1CCC(=O)NC(C)(CC)C1=O. The first kappa shape index (κ1) is 14.6. The number of hydrogen-bond donors (Lipinski definition) is 1. The van der Waals surface area contributed by atoms with Gasteiger partial charge in [-0.1, -0.05) is 26.2 Å². The molecule has 2 amide bonds. The van der Waals surface area contributed by atoms with Gasteiger partial charge in [-0.25, -0.2) is 0 Å². The standard InChI is InChI=1S/C14H22N2O2/c1-5-8-11(6-2)16-10-9-12(17)15-14(4,7-3)13(16)18/h2,11H,5,7-10H2,1,3-4H3,(H,15,17). The van der Waals surface area contributed by atoms with Crippen LogP contribution in [-0.4, -0.2) is 34.8 Å². The van der Waals surface area contributed by atoms with E-state index in [0.29, 0.717) is 19.4 Å². The molecule has 0 spiro atoms. The Labute approximate surface area is 109 Å². The highest BCUT2D eigenvalue weighted by Gasteiger charge is 2.40. The number of amides is 2. The second-order valence-electron chi connectivity index (χ2n) is 4.95. The van der Waals surface area contributed by atoms with Crippen molar-refractivity contribution in [1.29, 1.82) is 0 Å². The fraction of sp³-hybridized carbons (Fsp3) is 0.714. The average molecular weight is 250 g/mol. The molecule has 0 aromatic heterocycles. The molecule has 0 aromatic carbocycles. The Morgan fingerprint density at radius 1 is 1.50 bits per heavy atom. The third kappa shape index (κ3) is 2.84. The Balaban J connectivity index is 3.01. The molecule has 1 N–H and O–H groups in total. The van der Waals surface area contributed by atoms with Crippen LogP contribution in [0.2, 0.25) is 0 Å². The van der Waals surface area contributed by atoms with Crippen LogP contribution in [0.25, 0.3) is 0 Å². The minimum absolute atomic E-state index is 0.0627. The zero-order chi connectivity index (χ0) is 13.8. The Kier molecular flexibility index (Phi) is 4.77. The molecule has 1 saturated heterocycles. The van der Waals surface area contributed by atoms with Crippen molar-refractivity contribution >= 4 is 11.8 Å². The first-order chi connectivity index (χ1) is 8.48. The minimum Gasteiger partial charge on any atom is -0.342 e. The van der Waals surface area contributed by atoms with Gasteiger partial charge in [0, 0.05) is 13.0 Å². The molecule has 1 aliphatic rings. The quantitative estimate of drug-likeness (QED) is 0.765. The zero-order valence-electron chi connectivity index (χ0n) is 11.5. The predicted molar refractivity (Wildman–Crippen MR) is 70.7 cm³/mol. The first-order valence-electron chi connectivity index (χ1n) is 6.56. The van der Waals surface area contributed by atoms with Gasteiger partial charge in [-0.05, 0) is 19.8 Å². The summed E-state index contributed by atoms with van der Waals surface area (Å²) in [5.74, 6) is 2.53. The van der Waals surface area contributed by atoms with Crippen molar-refractivity contribution in [2.45, 2.75) is 58.0 Å². The van der Waals surface area contributed by atoms with E-state index in [1.54, 1.807) is 11.8 Å². The van der Waals surface area contributed by atoms with Crippen molar-refractivity contribution in [3.8, 4) is 12.3 Å². The van der Waals surface area contributed by atoms with Gasteiger partial charge in [0.1, 0.15) is 5.54 Å². The van der Waals surface area contributed by atoms with Crippen LogP contribution in [0.15, 0.2) is 0 Å². The van der Waals surface area contributed by atoms with Crippen LogP contribution in [0, 0.1) is 12.3 Å². The summed E-state index contributed by atoms with van der Waals surface area (Å²) in [6.45, 7) is 6.11. The average Bonchev–Trinajstić information content (AvgIpc) is 2.46. The summed E-state index contributed by atoms with van der Waals surface area (Å²) < 4.78 is 0. The molecule has 1 rings (SSSR count). The van der Waals surface area contributed by atoms with Gasteiger partial charge in [0.15, 0.2) is 0 Å². The maximum absolute atomic E-state index is 12.5. The van der Waals surface area contributed by atoms with E-state index in [0.717, 1.165) is 12.8 Å². The number of carbonyl (C=O) groups is 2. The van der Waals surface area contributed by atoms with Gasteiger partial charge in [0.05, 0.1) is 6.04 Å². The van der Waals surface area contributed by atoms with E-state index in [1.165, 1.54) is 0 Å². The molecular formula is C14H22N2O2. The Morgan fingerprint density at radius 2 is 2.17 bits per heavy atom. The van der Waals surface area contributed by atoms with Crippen LogP contribution >= 0.6 is 0 Å². The number of carbonyl (C=O) groups excluding carboxylic acids is 2. The highest BCUT2D eigenvalue weighted by molar-refractivity contribution is 5.93. The molecular weight excluding hydrogens is 228 g/mol. The molecule has 2 unspecified atom stereocenters. The van der Waals surface area contributed by atoms with E-state index in [4.69, 9.17) is 6.42 Å². The van der Waals surface area contributed by atoms with Crippen LogP contribution in [0.1, 0.15) is 46.5 Å². The largest absolute Gasteiger partial charge is 0.342 e. The Bertz CT molecular complexity index is 372. The van der Waals surface area contributed by atoms with Gasteiger partial charge in [-0.15, -0.1) is 6.42 Å². The van der Waals surface area contributed by atoms with Crippen LogP contribution in [-0.2, 0) is 9.59 Å². The van der Waals surface area contributed by atoms with Gasteiger partial charge in [0.25, 0.3) is 0 Å². The Hall–Kier alpha value is -1.50. The number of terminal acetylenes is 1. The van der Waals surface area contributed by atoms with E-state index in [9.17, 15) is 9.59 Å². The van der Waals surface area contributed by atoms with E-state index in [2.05, 4.69) is 11.2 Å². The molecule has 100 valence electrons.